The molecule has 2 amide bonds. The van der Waals surface area contributed by atoms with E-state index in [1.54, 1.807) is 30.1 Å². The first-order valence-electron chi connectivity index (χ1n) is 9.59. The Bertz CT molecular complexity index is 642. The SMILES string of the molecule is CCN(C(=O)C(C)N(C)CC(=O)Nc1c(Cl)cccc1Cl)C1CCCCC1. The molecule has 1 fully saturated rings. The summed E-state index contributed by atoms with van der Waals surface area (Å²) in [4.78, 5) is 29.1. The number of anilines is 1. The van der Waals surface area contributed by atoms with E-state index in [0.717, 1.165) is 12.8 Å². The molecule has 2 rings (SSSR count). The van der Waals surface area contributed by atoms with E-state index in [9.17, 15) is 9.59 Å². The molecular formula is C20H29Cl2N3O2. The van der Waals surface area contributed by atoms with Gasteiger partial charge in [-0.3, -0.25) is 14.5 Å². The van der Waals surface area contributed by atoms with Crippen molar-refractivity contribution in [3.8, 4) is 0 Å². The first kappa shape index (κ1) is 22.0. The summed E-state index contributed by atoms with van der Waals surface area (Å²) in [5, 5.41) is 3.51. The first-order valence-corrected chi connectivity index (χ1v) is 10.3. The average molecular weight is 414 g/mol. The Balaban J connectivity index is 1.96. The van der Waals surface area contributed by atoms with Crippen molar-refractivity contribution < 1.29 is 9.59 Å². The van der Waals surface area contributed by atoms with Crippen LogP contribution in [0.15, 0.2) is 18.2 Å². The Morgan fingerprint density at radius 3 is 2.33 bits per heavy atom. The van der Waals surface area contributed by atoms with Gasteiger partial charge in [0, 0.05) is 12.6 Å². The van der Waals surface area contributed by atoms with Crippen LogP contribution in [0.4, 0.5) is 5.69 Å². The summed E-state index contributed by atoms with van der Waals surface area (Å²) in [5.41, 5.74) is 0.399. The second-order valence-corrected chi connectivity index (χ2v) is 7.97. The maximum Gasteiger partial charge on any atom is 0.239 e. The second kappa shape index (κ2) is 10.3. The van der Waals surface area contributed by atoms with Crippen molar-refractivity contribution >= 4 is 40.7 Å². The molecule has 1 N–H and O–H groups in total. The lowest BCUT2D eigenvalue weighted by atomic mass is 9.93. The molecule has 150 valence electrons. The molecule has 1 aliphatic carbocycles. The third kappa shape index (κ3) is 5.84. The fourth-order valence-corrected chi connectivity index (χ4v) is 4.07. The number of para-hydroxylation sites is 1. The van der Waals surface area contributed by atoms with Crippen molar-refractivity contribution in [1.29, 1.82) is 0 Å². The summed E-state index contributed by atoms with van der Waals surface area (Å²) in [6.45, 7) is 4.65. The normalized spacial score (nSPS) is 16.2. The Labute approximate surface area is 172 Å². The number of carbonyl (C=O) groups excluding carboxylic acids is 2. The van der Waals surface area contributed by atoms with Crippen LogP contribution in [0, 0.1) is 0 Å². The summed E-state index contributed by atoms with van der Waals surface area (Å²) in [5.74, 6) is -0.177. The van der Waals surface area contributed by atoms with Gasteiger partial charge in [0.25, 0.3) is 0 Å². The number of hydrogen-bond acceptors (Lipinski definition) is 3. The molecule has 7 heteroatoms. The highest BCUT2D eigenvalue weighted by atomic mass is 35.5. The van der Waals surface area contributed by atoms with Gasteiger partial charge in [0.05, 0.1) is 28.3 Å². The molecule has 0 spiro atoms. The van der Waals surface area contributed by atoms with Crippen LogP contribution in [-0.4, -0.2) is 53.8 Å². The van der Waals surface area contributed by atoms with E-state index < -0.39 is 0 Å². The predicted octanol–water partition coefficient (Wildman–Crippen LogP) is 4.43. The topological polar surface area (TPSA) is 52.7 Å². The Morgan fingerprint density at radius 2 is 1.78 bits per heavy atom. The van der Waals surface area contributed by atoms with Gasteiger partial charge in [-0.25, -0.2) is 0 Å². The second-order valence-electron chi connectivity index (χ2n) is 7.15. The molecule has 5 nitrogen and oxygen atoms in total. The molecule has 0 saturated heterocycles. The summed E-state index contributed by atoms with van der Waals surface area (Å²) >= 11 is 12.2. The average Bonchev–Trinajstić information content (AvgIpc) is 2.65. The summed E-state index contributed by atoms with van der Waals surface area (Å²) in [6.07, 6.45) is 5.75. The summed E-state index contributed by atoms with van der Waals surface area (Å²) in [6, 6.07) is 5.00. The molecule has 1 aliphatic rings. The molecular weight excluding hydrogens is 385 g/mol. The van der Waals surface area contributed by atoms with Crippen molar-refractivity contribution in [2.24, 2.45) is 0 Å². The number of halogens is 2. The van der Waals surface area contributed by atoms with E-state index in [4.69, 9.17) is 23.2 Å². The lowest BCUT2D eigenvalue weighted by Crippen LogP contribution is -2.51. The summed E-state index contributed by atoms with van der Waals surface area (Å²) < 4.78 is 0. The minimum Gasteiger partial charge on any atom is -0.339 e. The standard InChI is InChI=1S/C20H29Cl2N3O2/c1-4-25(15-9-6-5-7-10-15)20(27)14(2)24(3)13-18(26)23-19-16(21)11-8-12-17(19)22/h8,11-12,14-15H,4-7,9-10,13H2,1-3H3,(H,23,26). The van der Waals surface area contributed by atoms with Crippen molar-refractivity contribution in [2.45, 2.75) is 58.0 Å². The number of nitrogens with one attached hydrogen (secondary N) is 1. The highest BCUT2D eigenvalue weighted by Gasteiger charge is 2.29. The number of amides is 2. The molecule has 1 atom stereocenters. The quantitative estimate of drug-likeness (QED) is 0.718. The lowest BCUT2D eigenvalue weighted by molar-refractivity contribution is -0.139. The van der Waals surface area contributed by atoms with Crippen LogP contribution in [0.3, 0.4) is 0 Å². The molecule has 0 radical (unpaired) electrons. The van der Waals surface area contributed by atoms with E-state index in [1.165, 1.54) is 19.3 Å². The maximum atomic E-state index is 13.0. The van der Waals surface area contributed by atoms with Crippen LogP contribution >= 0.6 is 23.2 Å². The van der Waals surface area contributed by atoms with Gasteiger partial charge in [-0.1, -0.05) is 48.5 Å². The Morgan fingerprint density at radius 1 is 1.19 bits per heavy atom. The fourth-order valence-electron chi connectivity index (χ4n) is 3.57. The van der Waals surface area contributed by atoms with E-state index >= 15 is 0 Å². The fraction of sp³-hybridized carbons (Fsp3) is 0.600. The van der Waals surface area contributed by atoms with Crippen LogP contribution in [0.5, 0.6) is 0 Å². The van der Waals surface area contributed by atoms with Crippen molar-refractivity contribution in [3.63, 3.8) is 0 Å². The number of likely N-dealkylation sites (N-methyl/N-ethyl adjacent to an activating group) is 2. The van der Waals surface area contributed by atoms with E-state index in [-0.39, 0.29) is 24.4 Å². The zero-order valence-electron chi connectivity index (χ0n) is 16.3. The molecule has 0 heterocycles. The number of carbonyl (C=O) groups is 2. The van der Waals surface area contributed by atoms with Gasteiger partial charge in [0.15, 0.2) is 0 Å². The van der Waals surface area contributed by atoms with Gasteiger partial charge in [0.2, 0.25) is 11.8 Å². The number of benzene rings is 1. The largest absolute Gasteiger partial charge is 0.339 e. The van der Waals surface area contributed by atoms with Crippen LogP contribution < -0.4 is 5.32 Å². The molecule has 0 aromatic heterocycles. The zero-order valence-corrected chi connectivity index (χ0v) is 17.8. The monoisotopic (exact) mass is 413 g/mol. The molecule has 27 heavy (non-hydrogen) atoms. The number of hydrogen-bond donors (Lipinski definition) is 1. The van der Waals surface area contributed by atoms with E-state index in [2.05, 4.69) is 5.32 Å². The molecule has 0 bridgehead atoms. The van der Waals surface area contributed by atoms with Crippen molar-refractivity contribution in [3.05, 3.63) is 28.2 Å². The molecule has 1 aromatic rings. The van der Waals surface area contributed by atoms with Crippen LogP contribution in [0.2, 0.25) is 10.0 Å². The van der Waals surface area contributed by atoms with Crippen LogP contribution in [-0.2, 0) is 9.59 Å². The highest BCUT2D eigenvalue weighted by molar-refractivity contribution is 6.39. The molecule has 1 aromatic carbocycles. The van der Waals surface area contributed by atoms with Crippen LogP contribution in [0.1, 0.15) is 46.0 Å². The predicted molar refractivity (Wildman–Crippen MR) is 111 cm³/mol. The minimum atomic E-state index is -0.376. The maximum absolute atomic E-state index is 13.0. The smallest absolute Gasteiger partial charge is 0.239 e. The molecule has 1 saturated carbocycles. The third-order valence-corrected chi connectivity index (χ3v) is 5.91. The molecule has 1 unspecified atom stereocenters. The minimum absolute atomic E-state index is 0.0791. The van der Waals surface area contributed by atoms with E-state index in [1.807, 2.05) is 18.7 Å². The Hall–Kier alpha value is -1.30. The van der Waals surface area contributed by atoms with Gasteiger partial charge in [0.1, 0.15) is 0 Å². The third-order valence-electron chi connectivity index (χ3n) is 5.28. The highest BCUT2D eigenvalue weighted by Crippen LogP contribution is 2.29. The number of nitrogens with zero attached hydrogens (tertiary/aromatic N) is 2. The first-order chi connectivity index (χ1) is 12.8. The van der Waals surface area contributed by atoms with Crippen molar-refractivity contribution in [2.75, 3.05) is 25.5 Å². The summed E-state index contributed by atoms with van der Waals surface area (Å²) in [7, 11) is 1.78. The zero-order chi connectivity index (χ0) is 20.0. The lowest BCUT2D eigenvalue weighted by Gasteiger charge is -2.37. The van der Waals surface area contributed by atoms with Gasteiger partial charge in [-0.15, -0.1) is 0 Å². The van der Waals surface area contributed by atoms with E-state index in [0.29, 0.717) is 28.3 Å². The van der Waals surface area contributed by atoms with Gasteiger partial charge < -0.3 is 10.2 Å². The van der Waals surface area contributed by atoms with Gasteiger partial charge in [-0.2, -0.15) is 0 Å². The van der Waals surface area contributed by atoms with Crippen LogP contribution in [0.25, 0.3) is 0 Å². The number of rotatable bonds is 7. The van der Waals surface area contributed by atoms with Gasteiger partial charge in [-0.05, 0) is 45.9 Å². The molecule has 0 aliphatic heterocycles. The van der Waals surface area contributed by atoms with Crippen molar-refractivity contribution in [1.82, 2.24) is 9.80 Å². The Kier molecular flexibility index (Phi) is 8.39. The van der Waals surface area contributed by atoms with Gasteiger partial charge >= 0.3 is 0 Å².